The van der Waals surface area contributed by atoms with Crippen molar-refractivity contribution in [3.63, 3.8) is 0 Å². The highest BCUT2D eigenvalue weighted by molar-refractivity contribution is 5.89. The highest BCUT2D eigenvalue weighted by Crippen LogP contribution is 2.15. The molecule has 0 aliphatic carbocycles. The number of benzene rings is 1. The molecule has 118 valence electrons. The van der Waals surface area contributed by atoms with E-state index in [-0.39, 0.29) is 18.0 Å². The van der Waals surface area contributed by atoms with Crippen molar-refractivity contribution in [2.24, 2.45) is 5.92 Å². The highest BCUT2D eigenvalue weighted by atomic mass is 16.5. The molecular formula is C15H21N5O2. The first kappa shape index (κ1) is 15.8. The Morgan fingerprint density at radius 2 is 1.86 bits per heavy atom. The van der Waals surface area contributed by atoms with Crippen molar-refractivity contribution in [2.45, 2.75) is 26.4 Å². The van der Waals surface area contributed by atoms with E-state index in [1.54, 1.807) is 48.6 Å². The third kappa shape index (κ3) is 4.47. The largest absolute Gasteiger partial charge is 0.497 e. The van der Waals surface area contributed by atoms with Crippen LogP contribution in [0.1, 0.15) is 13.8 Å². The molecule has 22 heavy (non-hydrogen) atoms. The maximum absolute atomic E-state index is 12.1. The third-order valence-electron chi connectivity index (χ3n) is 3.30. The highest BCUT2D eigenvalue weighted by Gasteiger charge is 2.17. The minimum Gasteiger partial charge on any atom is -0.497 e. The molecule has 0 aliphatic rings. The summed E-state index contributed by atoms with van der Waals surface area (Å²) in [4.78, 5) is 13.7. The Labute approximate surface area is 129 Å². The number of ether oxygens (including phenoxy) is 1. The van der Waals surface area contributed by atoms with Gasteiger partial charge in [-0.15, -0.1) is 0 Å². The molecule has 2 rings (SSSR count). The van der Waals surface area contributed by atoms with Gasteiger partial charge in [-0.3, -0.25) is 0 Å². The SMILES string of the molecule is COc1ccc(NC(=O)NC(Cn2nccn2)C(C)C)cc1. The fraction of sp³-hybridized carbons (Fsp3) is 0.400. The number of hydrogen-bond donors (Lipinski definition) is 2. The van der Waals surface area contributed by atoms with Crippen molar-refractivity contribution in [2.75, 3.05) is 12.4 Å². The van der Waals surface area contributed by atoms with Crippen LogP contribution in [0.3, 0.4) is 0 Å². The summed E-state index contributed by atoms with van der Waals surface area (Å²) >= 11 is 0. The van der Waals surface area contributed by atoms with Crippen molar-refractivity contribution in [3.8, 4) is 5.75 Å². The molecule has 0 saturated carbocycles. The molecule has 1 unspecified atom stereocenters. The summed E-state index contributed by atoms with van der Waals surface area (Å²) in [6.45, 7) is 4.62. The molecule has 0 radical (unpaired) electrons. The second-order valence-corrected chi connectivity index (χ2v) is 5.26. The molecular weight excluding hydrogens is 282 g/mol. The maximum Gasteiger partial charge on any atom is 0.319 e. The number of urea groups is 1. The minimum absolute atomic E-state index is 0.0642. The van der Waals surface area contributed by atoms with Crippen LogP contribution in [0.25, 0.3) is 0 Å². The van der Waals surface area contributed by atoms with Gasteiger partial charge in [-0.2, -0.15) is 15.0 Å². The normalized spacial score (nSPS) is 12.0. The van der Waals surface area contributed by atoms with Crippen LogP contribution in [-0.4, -0.2) is 34.2 Å². The molecule has 0 aliphatic heterocycles. The van der Waals surface area contributed by atoms with Crippen LogP contribution in [0, 0.1) is 5.92 Å². The molecule has 0 saturated heterocycles. The molecule has 0 bridgehead atoms. The Kier molecular flexibility index (Phi) is 5.35. The second kappa shape index (κ2) is 7.44. The predicted molar refractivity (Wildman–Crippen MR) is 83.8 cm³/mol. The standard InChI is InChI=1S/C15H21N5O2/c1-11(2)14(10-20-16-8-9-17-20)19-15(21)18-12-4-6-13(22-3)7-5-12/h4-9,11,14H,10H2,1-3H3,(H2,18,19,21). The Morgan fingerprint density at radius 3 is 2.41 bits per heavy atom. The van der Waals surface area contributed by atoms with E-state index in [1.165, 1.54) is 0 Å². The molecule has 2 N–H and O–H groups in total. The first-order valence-electron chi connectivity index (χ1n) is 7.14. The number of amides is 2. The van der Waals surface area contributed by atoms with E-state index in [4.69, 9.17) is 4.74 Å². The van der Waals surface area contributed by atoms with Gasteiger partial charge in [-0.05, 0) is 30.2 Å². The summed E-state index contributed by atoms with van der Waals surface area (Å²) in [7, 11) is 1.60. The summed E-state index contributed by atoms with van der Waals surface area (Å²) in [6.07, 6.45) is 3.24. The lowest BCUT2D eigenvalue weighted by Crippen LogP contribution is -2.44. The number of carbonyl (C=O) groups is 1. The number of rotatable bonds is 6. The molecule has 7 heteroatoms. The van der Waals surface area contributed by atoms with Gasteiger partial charge in [0.2, 0.25) is 0 Å². The number of methoxy groups -OCH3 is 1. The minimum atomic E-state index is -0.254. The first-order chi connectivity index (χ1) is 10.6. The number of anilines is 1. The van der Waals surface area contributed by atoms with Crippen LogP contribution in [0.4, 0.5) is 10.5 Å². The quantitative estimate of drug-likeness (QED) is 0.856. The van der Waals surface area contributed by atoms with Crippen molar-refractivity contribution in [1.29, 1.82) is 0 Å². The van der Waals surface area contributed by atoms with Crippen molar-refractivity contribution < 1.29 is 9.53 Å². The molecule has 2 aromatic rings. The number of nitrogens with zero attached hydrogens (tertiary/aromatic N) is 3. The van der Waals surface area contributed by atoms with Crippen molar-refractivity contribution >= 4 is 11.7 Å². The molecule has 0 spiro atoms. The smallest absolute Gasteiger partial charge is 0.319 e. The van der Waals surface area contributed by atoms with E-state index in [1.807, 2.05) is 13.8 Å². The van der Waals surface area contributed by atoms with Crippen LogP contribution in [0.2, 0.25) is 0 Å². The summed E-state index contributed by atoms with van der Waals surface area (Å²) in [5, 5.41) is 13.9. The average Bonchev–Trinajstić information content (AvgIpc) is 3.00. The van der Waals surface area contributed by atoms with Crippen LogP contribution in [-0.2, 0) is 6.54 Å². The second-order valence-electron chi connectivity index (χ2n) is 5.26. The van der Waals surface area contributed by atoms with Crippen molar-refractivity contribution in [1.82, 2.24) is 20.3 Å². The van der Waals surface area contributed by atoms with Crippen LogP contribution in [0.15, 0.2) is 36.7 Å². The van der Waals surface area contributed by atoms with E-state index < -0.39 is 0 Å². The Balaban J connectivity index is 1.92. The van der Waals surface area contributed by atoms with Crippen LogP contribution >= 0.6 is 0 Å². The monoisotopic (exact) mass is 303 g/mol. The summed E-state index contributed by atoms with van der Waals surface area (Å²) in [6, 6.07) is 6.85. The Bertz CT molecular complexity index is 580. The van der Waals surface area contributed by atoms with Gasteiger partial charge in [0, 0.05) is 5.69 Å². The van der Waals surface area contributed by atoms with E-state index in [0.717, 1.165) is 5.75 Å². The zero-order valence-corrected chi connectivity index (χ0v) is 13.0. The van der Waals surface area contributed by atoms with Gasteiger partial charge in [-0.25, -0.2) is 4.79 Å². The topological polar surface area (TPSA) is 81.1 Å². The van der Waals surface area contributed by atoms with Gasteiger partial charge >= 0.3 is 6.03 Å². The lowest BCUT2D eigenvalue weighted by molar-refractivity contribution is 0.239. The molecule has 0 fully saturated rings. The number of nitrogens with one attached hydrogen (secondary N) is 2. The number of hydrogen-bond acceptors (Lipinski definition) is 4. The van der Waals surface area contributed by atoms with Crippen molar-refractivity contribution in [3.05, 3.63) is 36.7 Å². The predicted octanol–water partition coefficient (Wildman–Crippen LogP) is 2.13. The fourth-order valence-electron chi connectivity index (χ4n) is 1.95. The average molecular weight is 303 g/mol. The van der Waals surface area contributed by atoms with E-state index in [9.17, 15) is 4.79 Å². The van der Waals surface area contributed by atoms with Gasteiger partial charge < -0.3 is 15.4 Å². The summed E-state index contributed by atoms with van der Waals surface area (Å²) in [5.74, 6) is 1.00. The fourth-order valence-corrected chi connectivity index (χ4v) is 1.95. The van der Waals surface area contributed by atoms with E-state index >= 15 is 0 Å². The van der Waals surface area contributed by atoms with Gasteiger partial charge in [0.15, 0.2) is 0 Å². The van der Waals surface area contributed by atoms with Gasteiger partial charge in [0.25, 0.3) is 0 Å². The first-order valence-corrected chi connectivity index (χ1v) is 7.14. The summed E-state index contributed by atoms with van der Waals surface area (Å²) in [5.41, 5.74) is 0.707. The molecule has 1 aromatic carbocycles. The van der Waals surface area contributed by atoms with Crippen LogP contribution < -0.4 is 15.4 Å². The molecule has 2 amide bonds. The third-order valence-corrected chi connectivity index (χ3v) is 3.30. The molecule has 1 atom stereocenters. The number of carbonyl (C=O) groups excluding carboxylic acids is 1. The van der Waals surface area contributed by atoms with Gasteiger partial charge in [0.1, 0.15) is 5.75 Å². The molecule has 1 aromatic heterocycles. The zero-order chi connectivity index (χ0) is 15.9. The molecule has 7 nitrogen and oxygen atoms in total. The van der Waals surface area contributed by atoms with Gasteiger partial charge in [-0.1, -0.05) is 13.8 Å². The van der Waals surface area contributed by atoms with E-state index in [2.05, 4.69) is 20.8 Å². The Morgan fingerprint density at radius 1 is 1.23 bits per heavy atom. The molecule has 1 heterocycles. The lowest BCUT2D eigenvalue weighted by atomic mass is 10.1. The summed E-state index contributed by atoms with van der Waals surface area (Å²) < 4.78 is 5.08. The lowest BCUT2D eigenvalue weighted by Gasteiger charge is -2.22. The zero-order valence-electron chi connectivity index (χ0n) is 13.0. The Hall–Kier alpha value is -2.57. The number of aromatic nitrogens is 3. The maximum atomic E-state index is 12.1. The van der Waals surface area contributed by atoms with Crippen LogP contribution in [0.5, 0.6) is 5.75 Å². The van der Waals surface area contributed by atoms with Gasteiger partial charge in [0.05, 0.1) is 32.1 Å². The van der Waals surface area contributed by atoms with E-state index in [0.29, 0.717) is 12.2 Å².